The summed E-state index contributed by atoms with van der Waals surface area (Å²) in [7, 11) is 0. The van der Waals surface area contributed by atoms with E-state index in [0.717, 1.165) is 36.2 Å². The molecule has 1 atom stereocenters. The third-order valence-corrected chi connectivity index (χ3v) is 4.46. The maximum absolute atomic E-state index is 12.6. The molecule has 20 heavy (non-hydrogen) atoms. The Kier molecular flexibility index (Phi) is 5.70. The molecule has 0 bridgehead atoms. The van der Waals surface area contributed by atoms with Gasteiger partial charge in [-0.15, -0.1) is 12.4 Å². The summed E-state index contributed by atoms with van der Waals surface area (Å²) in [5, 5.41) is 0. The number of rotatable bonds is 2. The molecule has 2 N–H and O–H groups in total. The normalized spacial score (nSPS) is 21.4. The smallest absolute Gasteiger partial charge is 0.270 e. The van der Waals surface area contributed by atoms with Gasteiger partial charge in [0.05, 0.1) is 0 Å². The van der Waals surface area contributed by atoms with E-state index in [1.807, 2.05) is 28.7 Å². The van der Waals surface area contributed by atoms with Crippen LogP contribution in [-0.4, -0.2) is 34.5 Å². The molecule has 0 aromatic carbocycles. The second kappa shape index (κ2) is 6.50. The summed E-state index contributed by atoms with van der Waals surface area (Å²) in [6, 6.07) is 2.06. The number of hydrogen-bond donors (Lipinski definition) is 1. The van der Waals surface area contributed by atoms with Gasteiger partial charge in [0.1, 0.15) is 5.69 Å². The van der Waals surface area contributed by atoms with Crippen LogP contribution in [0.4, 0.5) is 0 Å². The van der Waals surface area contributed by atoms with Crippen LogP contribution in [0.25, 0.3) is 0 Å². The van der Waals surface area contributed by atoms with Gasteiger partial charge in [0.2, 0.25) is 0 Å². The molecule has 0 aliphatic carbocycles. The zero-order valence-corrected chi connectivity index (χ0v) is 14.6. The van der Waals surface area contributed by atoms with Crippen LogP contribution in [0.1, 0.15) is 37.7 Å². The highest BCUT2D eigenvalue weighted by molar-refractivity contribution is 9.10. The number of carbonyl (C=O) groups excluding carboxylic acids is 1. The van der Waals surface area contributed by atoms with Gasteiger partial charge in [-0.1, -0.05) is 13.8 Å². The van der Waals surface area contributed by atoms with Crippen LogP contribution in [0, 0.1) is 5.41 Å². The van der Waals surface area contributed by atoms with Crippen LogP contribution >= 0.6 is 28.3 Å². The number of carbonyl (C=O) groups is 1. The van der Waals surface area contributed by atoms with Crippen molar-refractivity contribution in [3.63, 3.8) is 0 Å². The largest absolute Gasteiger partial charge is 0.343 e. The van der Waals surface area contributed by atoms with Crippen molar-refractivity contribution < 1.29 is 4.79 Å². The standard InChI is InChI=1S/C14H22BrN3O.ClH/c1-4-17-8-10(15)7-11(17)13(19)18-6-5-12(16)14(2,3)9-18;/h7-8,12H,4-6,9,16H2,1-3H3;1H. The third-order valence-electron chi connectivity index (χ3n) is 4.02. The molecule has 1 fully saturated rings. The van der Waals surface area contributed by atoms with Gasteiger partial charge < -0.3 is 15.2 Å². The molecule has 1 saturated heterocycles. The van der Waals surface area contributed by atoms with Gasteiger partial charge in [-0.25, -0.2) is 0 Å². The first-order valence-corrected chi connectivity index (χ1v) is 7.55. The fourth-order valence-corrected chi connectivity index (χ4v) is 3.09. The summed E-state index contributed by atoms with van der Waals surface area (Å²) in [6.07, 6.45) is 2.82. The Labute approximate surface area is 135 Å². The lowest BCUT2D eigenvalue weighted by molar-refractivity contribution is 0.0523. The first-order chi connectivity index (χ1) is 8.85. The van der Waals surface area contributed by atoms with Gasteiger partial charge in [-0.3, -0.25) is 4.79 Å². The summed E-state index contributed by atoms with van der Waals surface area (Å²) in [4.78, 5) is 14.6. The van der Waals surface area contributed by atoms with Crippen molar-refractivity contribution in [3.05, 3.63) is 22.4 Å². The predicted octanol–water partition coefficient (Wildman–Crippen LogP) is 2.89. The number of aryl methyl sites for hydroxylation is 1. The molecule has 2 rings (SSSR count). The van der Waals surface area contributed by atoms with E-state index in [0.29, 0.717) is 0 Å². The molecular weight excluding hydrogens is 342 g/mol. The van der Waals surface area contributed by atoms with Crippen molar-refractivity contribution in [2.45, 2.75) is 39.8 Å². The molecule has 0 saturated carbocycles. The number of hydrogen-bond acceptors (Lipinski definition) is 2. The SMILES string of the molecule is CCn1cc(Br)cc1C(=O)N1CCC(N)C(C)(C)C1.Cl. The van der Waals surface area contributed by atoms with Crippen molar-refractivity contribution >= 4 is 34.2 Å². The zero-order chi connectivity index (χ0) is 14.2. The van der Waals surface area contributed by atoms with Gasteiger partial charge in [0.15, 0.2) is 0 Å². The van der Waals surface area contributed by atoms with Crippen molar-refractivity contribution in [3.8, 4) is 0 Å². The topological polar surface area (TPSA) is 51.3 Å². The minimum absolute atomic E-state index is 0. The lowest BCUT2D eigenvalue weighted by atomic mass is 9.79. The van der Waals surface area contributed by atoms with Crippen LogP contribution in [0.3, 0.4) is 0 Å². The molecule has 0 radical (unpaired) electrons. The second-order valence-electron chi connectivity index (χ2n) is 5.94. The first kappa shape index (κ1) is 17.5. The number of nitrogens with zero attached hydrogens (tertiary/aromatic N) is 2. The lowest BCUT2D eigenvalue weighted by Gasteiger charge is -2.42. The average Bonchev–Trinajstić information content (AvgIpc) is 2.73. The molecule has 1 aromatic rings. The fraction of sp³-hybridized carbons (Fsp3) is 0.643. The molecule has 1 unspecified atom stereocenters. The summed E-state index contributed by atoms with van der Waals surface area (Å²) >= 11 is 3.44. The molecule has 114 valence electrons. The minimum Gasteiger partial charge on any atom is -0.343 e. The molecule has 1 aliphatic rings. The van der Waals surface area contributed by atoms with E-state index in [1.54, 1.807) is 0 Å². The number of likely N-dealkylation sites (tertiary alicyclic amines) is 1. The Bertz CT molecular complexity index is 487. The molecular formula is C14H23BrClN3O. The summed E-state index contributed by atoms with van der Waals surface area (Å²) < 4.78 is 2.93. The quantitative estimate of drug-likeness (QED) is 0.877. The van der Waals surface area contributed by atoms with Crippen molar-refractivity contribution in [2.75, 3.05) is 13.1 Å². The van der Waals surface area contributed by atoms with E-state index >= 15 is 0 Å². The van der Waals surface area contributed by atoms with E-state index in [4.69, 9.17) is 5.73 Å². The van der Waals surface area contributed by atoms with Gasteiger partial charge in [0, 0.05) is 36.3 Å². The van der Waals surface area contributed by atoms with E-state index in [-0.39, 0.29) is 29.8 Å². The van der Waals surface area contributed by atoms with Crippen LogP contribution < -0.4 is 5.73 Å². The zero-order valence-electron chi connectivity index (χ0n) is 12.2. The Morgan fingerprint density at radius 2 is 2.20 bits per heavy atom. The van der Waals surface area contributed by atoms with Gasteiger partial charge >= 0.3 is 0 Å². The average molecular weight is 365 g/mol. The van der Waals surface area contributed by atoms with Crippen molar-refractivity contribution in [1.82, 2.24) is 9.47 Å². The Balaban J connectivity index is 0.00000200. The maximum atomic E-state index is 12.6. The fourth-order valence-electron chi connectivity index (χ4n) is 2.62. The number of halogens is 2. The monoisotopic (exact) mass is 363 g/mol. The first-order valence-electron chi connectivity index (χ1n) is 6.75. The Morgan fingerprint density at radius 1 is 1.55 bits per heavy atom. The number of nitrogens with two attached hydrogens (primary N) is 1. The number of piperidine rings is 1. The third kappa shape index (κ3) is 3.38. The molecule has 0 spiro atoms. The van der Waals surface area contributed by atoms with E-state index in [1.165, 1.54) is 0 Å². The lowest BCUT2D eigenvalue weighted by Crippen LogP contribution is -2.54. The highest BCUT2D eigenvalue weighted by Crippen LogP contribution is 2.29. The molecule has 1 aliphatic heterocycles. The molecule has 1 aromatic heterocycles. The highest BCUT2D eigenvalue weighted by Gasteiger charge is 2.36. The summed E-state index contributed by atoms with van der Waals surface area (Å²) in [6.45, 7) is 8.57. The Morgan fingerprint density at radius 3 is 2.75 bits per heavy atom. The molecule has 4 nitrogen and oxygen atoms in total. The summed E-state index contributed by atoms with van der Waals surface area (Å²) in [5.74, 6) is 0.104. The van der Waals surface area contributed by atoms with Gasteiger partial charge in [0.25, 0.3) is 5.91 Å². The van der Waals surface area contributed by atoms with Crippen molar-refractivity contribution in [1.29, 1.82) is 0 Å². The molecule has 2 heterocycles. The molecule has 1 amide bonds. The van der Waals surface area contributed by atoms with Crippen molar-refractivity contribution in [2.24, 2.45) is 11.1 Å². The van der Waals surface area contributed by atoms with Gasteiger partial charge in [-0.05, 0) is 40.8 Å². The Hall–Kier alpha value is -0.520. The predicted molar refractivity (Wildman–Crippen MR) is 87.3 cm³/mol. The maximum Gasteiger partial charge on any atom is 0.270 e. The minimum atomic E-state index is -0.0191. The van der Waals surface area contributed by atoms with Gasteiger partial charge in [-0.2, -0.15) is 0 Å². The van der Waals surface area contributed by atoms with Crippen LogP contribution in [0.2, 0.25) is 0 Å². The second-order valence-corrected chi connectivity index (χ2v) is 6.86. The van der Waals surface area contributed by atoms with E-state index in [2.05, 4.69) is 29.8 Å². The number of aromatic nitrogens is 1. The highest BCUT2D eigenvalue weighted by atomic mass is 79.9. The number of amides is 1. The van der Waals surface area contributed by atoms with Crippen LogP contribution in [0.15, 0.2) is 16.7 Å². The summed E-state index contributed by atoms with van der Waals surface area (Å²) in [5.41, 5.74) is 6.85. The van der Waals surface area contributed by atoms with E-state index < -0.39 is 0 Å². The van der Waals surface area contributed by atoms with E-state index in [9.17, 15) is 4.79 Å². The van der Waals surface area contributed by atoms with Crippen LogP contribution in [-0.2, 0) is 6.54 Å². The molecule has 6 heteroatoms. The van der Waals surface area contributed by atoms with Crippen LogP contribution in [0.5, 0.6) is 0 Å².